The number of carbonyl (C=O) groups is 1. The molecular formula is C25H32FN2O3+. The molecule has 1 saturated carbocycles. The maximum atomic E-state index is 13.4. The molecule has 2 N–H and O–H groups in total. The number of quaternary nitrogens is 1. The average molecular weight is 428 g/mol. The van der Waals surface area contributed by atoms with Gasteiger partial charge in [0.05, 0.1) is 26.8 Å². The molecule has 1 aliphatic heterocycles. The van der Waals surface area contributed by atoms with Crippen molar-refractivity contribution in [3.63, 3.8) is 0 Å². The average Bonchev–Trinajstić information content (AvgIpc) is 3.63. The summed E-state index contributed by atoms with van der Waals surface area (Å²) in [5.74, 6) is 1.55. The highest BCUT2D eigenvalue weighted by Crippen LogP contribution is 2.36. The number of fused-ring (bicyclic) bond motifs is 1. The van der Waals surface area contributed by atoms with Crippen LogP contribution in [0, 0.1) is 11.7 Å². The second-order valence-corrected chi connectivity index (χ2v) is 8.64. The van der Waals surface area contributed by atoms with Gasteiger partial charge in [0, 0.05) is 23.5 Å². The molecule has 1 heterocycles. The van der Waals surface area contributed by atoms with E-state index in [1.807, 2.05) is 12.1 Å². The van der Waals surface area contributed by atoms with Gasteiger partial charge in [0.15, 0.2) is 11.5 Å². The Kier molecular flexibility index (Phi) is 6.46. The number of ether oxygens (including phenoxy) is 2. The first-order chi connectivity index (χ1) is 15.0. The monoisotopic (exact) mass is 427 g/mol. The van der Waals surface area contributed by atoms with Gasteiger partial charge >= 0.3 is 0 Å². The van der Waals surface area contributed by atoms with E-state index in [4.69, 9.17) is 9.47 Å². The van der Waals surface area contributed by atoms with Gasteiger partial charge in [-0.2, -0.15) is 0 Å². The minimum Gasteiger partial charge on any atom is -0.493 e. The normalized spacial score (nSPS) is 21.2. The molecule has 0 bridgehead atoms. The summed E-state index contributed by atoms with van der Waals surface area (Å²) >= 11 is 0. The number of rotatable bonds is 8. The van der Waals surface area contributed by atoms with E-state index in [0.29, 0.717) is 5.75 Å². The highest BCUT2D eigenvalue weighted by atomic mass is 19.1. The number of methoxy groups -OCH3 is 2. The van der Waals surface area contributed by atoms with Crippen LogP contribution >= 0.6 is 0 Å². The second kappa shape index (κ2) is 9.27. The maximum Gasteiger partial charge on any atom is 0.223 e. The minimum absolute atomic E-state index is 0.0145. The number of amides is 1. The molecule has 0 spiro atoms. The van der Waals surface area contributed by atoms with Crippen molar-refractivity contribution in [2.45, 2.75) is 51.2 Å². The molecule has 1 aliphatic carbocycles. The van der Waals surface area contributed by atoms with E-state index in [1.54, 1.807) is 14.2 Å². The van der Waals surface area contributed by atoms with Gasteiger partial charge < -0.3 is 19.7 Å². The van der Waals surface area contributed by atoms with Gasteiger partial charge in [-0.1, -0.05) is 19.1 Å². The maximum absolute atomic E-state index is 13.4. The van der Waals surface area contributed by atoms with Crippen molar-refractivity contribution in [3.05, 3.63) is 58.9 Å². The topological polar surface area (TPSA) is 52.0 Å². The Morgan fingerprint density at radius 2 is 1.84 bits per heavy atom. The number of benzene rings is 2. The van der Waals surface area contributed by atoms with Crippen LogP contribution in [-0.2, 0) is 17.8 Å². The summed E-state index contributed by atoms with van der Waals surface area (Å²) in [6.45, 7) is 3.83. The van der Waals surface area contributed by atoms with Crippen LogP contribution in [0.4, 0.5) is 4.39 Å². The van der Waals surface area contributed by atoms with Gasteiger partial charge in [0.25, 0.3) is 0 Å². The summed E-state index contributed by atoms with van der Waals surface area (Å²) in [7, 11) is 3.30. The van der Waals surface area contributed by atoms with Crippen LogP contribution in [0.1, 0.15) is 48.9 Å². The van der Waals surface area contributed by atoms with Crippen molar-refractivity contribution in [2.24, 2.45) is 5.92 Å². The fraction of sp³-hybridized carbons (Fsp3) is 0.480. The molecule has 2 aromatic carbocycles. The first kappa shape index (κ1) is 21.6. The van der Waals surface area contributed by atoms with Crippen molar-refractivity contribution in [2.75, 3.05) is 20.8 Å². The number of nitrogens with one attached hydrogen (secondary N) is 2. The third-order valence-corrected chi connectivity index (χ3v) is 6.60. The highest BCUT2D eigenvalue weighted by Gasteiger charge is 2.40. The van der Waals surface area contributed by atoms with Crippen LogP contribution in [0.2, 0.25) is 0 Å². The lowest BCUT2D eigenvalue weighted by Crippen LogP contribution is -3.13. The Labute approximate surface area is 183 Å². The van der Waals surface area contributed by atoms with E-state index in [2.05, 4.69) is 24.4 Å². The highest BCUT2D eigenvalue weighted by molar-refractivity contribution is 5.81. The summed E-state index contributed by atoms with van der Waals surface area (Å²) < 4.78 is 24.5. The van der Waals surface area contributed by atoms with E-state index >= 15 is 0 Å². The van der Waals surface area contributed by atoms with Crippen LogP contribution < -0.4 is 19.7 Å². The first-order valence-corrected chi connectivity index (χ1v) is 11.2. The Morgan fingerprint density at radius 1 is 1.16 bits per heavy atom. The van der Waals surface area contributed by atoms with E-state index in [0.717, 1.165) is 50.1 Å². The Morgan fingerprint density at radius 3 is 2.45 bits per heavy atom. The summed E-state index contributed by atoms with van der Waals surface area (Å²) in [6, 6.07) is 11.0. The molecule has 3 atom stereocenters. The lowest BCUT2D eigenvalue weighted by Gasteiger charge is -2.39. The third-order valence-electron chi connectivity index (χ3n) is 6.60. The fourth-order valence-electron chi connectivity index (χ4n) is 4.74. The molecule has 2 aliphatic rings. The fourth-order valence-corrected chi connectivity index (χ4v) is 4.74. The summed E-state index contributed by atoms with van der Waals surface area (Å²) in [6.07, 6.45) is 3.72. The van der Waals surface area contributed by atoms with Crippen LogP contribution in [0.25, 0.3) is 0 Å². The zero-order valence-electron chi connectivity index (χ0n) is 18.5. The molecule has 1 fully saturated rings. The molecule has 0 aromatic heterocycles. The predicted octanol–water partition coefficient (Wildman–Crippen LogP) is 2.83. The molecule has 31 heavy (non-hydrogen) atoms. The number of hydrogen-bond acceptors (Lipinski definition) is 3. The van der Waals surface area contributed by atoms with Crippen LogP contribution in [0.5, 0.6) is 11.5 Å². The van der Waals surface area contributed by atoms with Gasteiger partial charge in [-0.15, -0.1) is 0 Å². The standard InChI is InChI=1S/C25H31FN2O3/c1-4-21(27-25(29)17-7-8-17)24-20-14-23(31-3)22(30-2)13-18(20)11-12-28(24)15-16-5-9-19(26)10-6-16/h5-6,9-10,13-14,17,21,24H,4,7-8,11-12,15H2,1-3H3,(H,27,29)/p+1/t21-,24-/m0/s1. The van der Waals surface area contributed by atoms with Gasteiger partial charge in [-0.05, 0) is 49.1 Å². The Bertz CT molecular complexity index is 927. The molecule has 1 amide bonds. The van der Waals surface area contributed by atoms with Crippen molar-refractivity contribution in [1.29, 1.82) is 0 Å². The lowest BCUT2D eigenvalue weighted by molar-refractivity contribution is -0.948. The van der Waals surface area contributed by atoms with Crippen LogP contribution in [-0.4, -0.2) is 32.7 Å². The van der Waals surface area contributed by atoms with Crippen LogP contribution in [0.3, 0.4) is 0 Å². The van der Waals surface area contributed by atoms with Crippen molar-refractivity contribution < 1.29 is 23.6 Å². The third kappa shape index (κ3) is 4.69. The minimum atomic E-state index is -0.223. The van der Waals surface area contributed by atoms with E-state index in [-0.39, 0.29) is 29.7 Å². The molecule has 0 saturated heterocycles. The molecule has 166 valence electrons. The van der Waals surface area contributed by atoms with E-state index in [1.165, 1.54) is 28.2 Å². The van der Waals surface area contributed by atoms with E-state index < -0.39 is 0 Å². The van der Waals surface area contributed by atoms with Gasteiger partial charge in [-0.25, -0.2) is 4.39 Å². The molecular weight excluding hydrogens is 395 g/mol. The Balaban J connectivity index is 1.70. The number of carbonyl (C=O) groups excluding carboxylic acids is 1. The van der Waals surface area contributed by atoms with Gasteiger partial charge in [-0.3, -0.25) is 4.79 Å². The van der Waals surface area contributed by atoms with Crippen molar-refractivity contribution in [1.82, 2.24) is 5.32 Å². The summed E-state index contributed by atoms with van der Waals surface area (Å²) in [5, 5.41) is 3.34. The van der Waals surface area contributed by atoms with Gasteiger partial charge in [0.1, 0.15) is 18.4 Å². The largest absolute Gasteiger partial charge is 0.493 e. The summed E-state index contributed by atoms with van der Waals surface area (Å²) in [5.41, 5.74) is 3.53. The van der Waals surface area contributed by atoms with Crippen LogP contribution in [0.15, 0.2) is 36.4 Å². The molecule has 0 radical (unpaired) electrons. The summed E-state index contributed by atoms with van der Waals surface area (Å²) in [4.78, 5) is 14.0. The quantitative estimate of drug-likeness (QED) is 0.681. The predicted molar refractivity (Wildman–Crippen MR) is 117 cm³/mol. The molecule has 1 unspecified atom stereocenters. The van der Waals surface area contributed by atoms with E-state index in [9.17, 15) is 9.18 Å². The zero-order chi connectivity index (χ0) is 22.0. The van der Waals surface area contributed by atoms with Crippen molar-refractivity contribution >= 4 is 5.91 Å². The SMILES string of the molecule is CC[C@H](NC(=O)C1CC1)[C@@H]1c2cc(OC)c(OC)cc2CC[NH+]1Cc1ccc(F)cc1. The molecule has 5 nitrogen and oxygen atoms in total. The first-order valence-electron chi connectivity index (χ1n) is 11.2. The number of hydrogen-bond donors (Lipinski definition) is 2. The van der Waals surface area contributed by atoms with Crippen molar-refractivity contribution in [3.8, 4) is 11.5 Å². The molecule has 6 heteroatoms. The Hall–Kier alpha value is -2.60. The molecule has 2 aromatic rings. The zero-order valence-corrected chi connectivity index (χ0v) is 18.5. The molecule has 4 rings (SSSR count). The second-order valence-electron chi connectivity index (χ2n) is 8.64. The number of halogens is 1. The smallest absolute Gasteiger partial charge is 0.223 e. The van der Waals surface area contributed by atoms with Gasteiger partial charge in [0.2, 0.25) is 5.91 Å². The lowest BCUT2D eigenvalue weighted by atomic mass is 9.86.